The molecule has 0 unspecified atom stereocenters. The van der Waals surface area contributed by atoms with E-state index in [9.17, 15) is 22.8 Å². The van der Waals surface area contributed by atoms with Crippen LogP contribution in [0.3, 0.4) is 0 Å². The second-order valence-electron chi connectivity index (χ2n) is 4.47. The number of benzene rings is 1. The van der Waals surface area contributed by atoms with E-state index < -0.39 is 23.7 Å². The van der Waals surface area contributed by atoms with E-state index in [1.807, 2.05) is 5.32 Å². The quantitative estimate of drug-likeness (QED) is 0.610. The number of halogens is 4. The lowest BCUT2D eigenvalue weighted by molar-refractivity contribution is -0.207. The molecule has 0 saturated carbocycles. The number of para-hydroxylation sites is 1. The number of carbonyl (C=O) groups is 2. The molecule has 1 aromatic rings. The summed E-state index contributed by atoms with van der Waals surface area (Å²) in [5, 5.41) is 3.61. The molecule has 9 heteroatoms. The molecule has 2 N–H and O–H groups in total. The number of hydrogen-bond donors (Lipinski definition) is 2. The summed E-state index contributed by atoms with van der Waals surface area (Å²) in [6.45, 7) is 2.43. The number of amides is 1. The van der Waals surface area contributed by atoms with E-state index in [4.69, 9.17) is 11.6 Å². The van der Waals surface area contributed by atoms with E-state index >= 15 is 0 Å². The zero-order chi connectivity index (χ0) is 17.7. The van der Waals surface area contributed by atoms with E-state index in [1.165, 1.54) is 38.1 Å². The summed E-state index contributed by atoms with van der Waals surface area (Å²) in [6, 6.07) is 5.54. The number of hydrogen-bond acceptors (Lipinski definition) is 4. The van der Waals surface area contributed by atoms with Crippen molar-refractivity contribution in [2.24, 2.45) is 0 Å². The van der Waals surface area contributed by atoms with Gasteiger partial charge in [-0.15, -0.1) is 0 Å². The Morgan fingerprint density at radius 3 is 2.30 bits per heavy atom. The Kier molecular flexibility index (Phi) is 6.26. The lowest BCUT2D eigenvalue weighted by Crippen LogP contribution is -2.69. The van der Waals surface area contributed by atoms with Crippen LogP contribution in [-0.2, 0) is 14.3 Å². The van der Waals surface area contributed by atoms with Crippen LogP contribution in [0.1, 0.15) is 20.3 Å². The average Bonchev–Trinajstić information content (AvgIpc) is 2.47. The molecule has 23 heavy (non-hydrogen) atoms. The highest BCUT2D eigenvalue weighted by Gasteiger charge is 2.63. The number of nitrogens with one attached hydrogen (secondary N) is 2. The van der Waals surface area contributed by atoms with Crippen LogP contribution in [0.5, 0.6) is 0 Å². The summed E-state index contributed by atoms with van der Waals surface area (Å²) >= 11 is 5.84. The van der Waals surface area contributed by atoms with Crippen LogP contribution in [0, 0.1) is 0 Å². The first-order valence-corrected chi connectivity index (χ1v) is 7.13. The molecule has 0 bridgehead atoms. The van der Waals surface area contributed by atoms with E-state index in [-0.39, 0.29) is 23.7 Å². The number of alkyl halides is 3. The molecule has 0 spiro atoms. The van der Waals surface area contributed by atoms with Crippen LogP contribution >= 0.6 is 11.6 Å². The number of carbonyl (C=O) groups excluding carboxylic acids is 2. The highest BCUT2D eigenvalue weighted by molar-refractivity contribution is 6.33. The molecule has 0 radical (unpaired) electrons. The van der Waals surface area contributed by atoms with Crippen molar-refractivity contribution in [3.63, 3.8) is 0 Å². The fourth-order valence-corrected chi connectivity index (χ4v) is 1.88. The third-order valence-electron chi connectivity index (χ3n) is 2.85. The summed E-state index contributed by atoms with van der Waals surface area (Å²) in [4.78, 5) is 23.6. The van der Waals surface area contributed by atoms with Crippen molar-refractivity contribution in [2.75, 3.05) is 11.9 Å². The fourth-order valence-electron chi connectivity index (χ4n) is 1.69. The normalized spacial score (nSPS) is 13.8. The third kappa shape index (κ3) is 4.28. The van der Waals surface area contributed by atoms with Crippen molar-refractivity contribution in [3.8, 4) is 0 Å². The van der Waals surface area contributed by atoms with Gasteiger partial charge in [0.1, 0.15) is 0 Å². The number of ether oxygens (including phenoxy) is 1. The molecule has 1 rings (SSSR count). The van der Waals surface area contributed by atoms with Gasteiger partial charge in [0.05, 0.1) is 17.3 Å². The van der Waals surface area contributed by atoms with Crippen molar-refractivity contribution in [1.82, 2.24) is 5.32 Å². The maximum atomic E-state index is 13.6. The van der Waals surface area contributed by atoms with Gasteiger partial charge < -0.3 is 15.4 Å². The van der Waals surface area contributed by atoms with E-state index in [0.717, 1.165) is 0 Å². The van der Waals surface area contributed by atoms with Gasteiger partial charge in [0.2, 0.25) is 5.91 Å². The zero-order valence-electron chi connectivity index (χ0n) is 12.5. The second kappa shape index (κ2) is 7.54. The zero-order valence-corrected chi connectivity index (χ0v) is 13.2. The number of esters is 1. The molecule has 1 aromatic carbocycles. The summed E-state index contributed by atoms with van der Waals surface area (Å²) in [5.41, 5.74) is -3.60. The van der Waals surface area contributed by atoms with Gasteiger partial charge in [0.25, 0.3) is 0 Å². The Morgan fingerprint density at radius 2 is 1.83 bits per heavy atom. The lowest BCUT2D eigenvalue weighted by Gasteiger charge is -2.35. The summed E-state index contributed by atoms with van der Waals surface area (Å²) in [6.07, 6.45) is -5.41. The highest BCUT2D eigenvalue weighted by atomic mass is 35.5. The molecule has 0 heterocycles. The lowest BCUT2D eigenvalue weighted by atomic mass is 10.1. The molecule has 0 aromatic heterocycles. The molecular formula is C14H16ClF3N2O3. The Bertz CT molecular complexity index is 581. The van der Waals surface area contributed by atoms with Crippen LogP contribution in [0.25, 0.3) is 0 Å². The van der Waals surface area contributed by atoms with Crippen molar-refractivity contribution in [3.05, 3.63) is 29.3 Å². The largest absolute Gasteiger partial charge is 0.463 e. The monoisotopic (exact) mass is 352 g/mol. The SMILES string of the molecule is CCOC(=O)[C@](NC(=O)CC)(Nc1ccccc1Cl)C(F)(F)F. The molecule has 0 aliphatic carbocycles. The van der Waals surface area contributed by atoms with Gasteiger partial charge in [0, 0.05) is 6.42 Å². The first-order chi connectivity index (χ1) is 10.7. The van der Waals surface area contributed by atoms with Crippen molar-refractivity contribution in [2.45, 2.75) is 32.1 Å². The molecule has 128 valence electrons. The fraction of sp³-hybridized carbons (Fsp3) is 0.429. The minimum atomic E-state index is -5.16. The maximum absolute atomic E-state index is 13.6. The van der Waals surface area contributed by atoms with Gasteiger partial charge in [0.15, 0.2) is 0 Å². The van der Waals surface area contributed by atoms with Gasteiger partial charge in [-0.2, -0.15) is 13.2 Å². The predicted molar refractivity (Wildman–Crippen MR) is 78.9 cm³/mol. The van der Waals surface area contributed by atoms with E-state index in [0.29, 0.717) is 0 Å². The minimum absolute atomic E-state index is 0.0452. The van der Waals surface area contributed by atoms with Gasteiger partial charge in [-0.05, 0) is 19.1 Å². The van der Waals surface area contributed by atoms with E-state index in [2.05, 4.69) is 4.74 Å². The maximum Gasteiger partial charge on any atom is 0.441 e. The highest BCUT2D eigenvalue weighted by Crippen LogP contribution is 2.35. The Labute approximate surface area is 136 Å². The third-order valence-corrected chi connectivity index (χ3v) is 3.18. The Hall–Kier alpha value is -1.96. The first kappa shape index (κ1) is 19.1. The number of rotatable bonds is 6. The van der Waals surface area contributed by atoms with Gasteiger partial charge in [-0.25, -0.2) is 4.79 Å². The van der Waals surface area contributed by atoms with Crippen molar-refractivity contribution >= 4 is 29.2 Å². The number of anilines is 1. The molecule has 0 aliphatic rings. The van der Waals surface area contributed by atoms with Crippen LogP contribution in [0.4, 0.5) is 18.9 Å². The van der Waals surface area contributed by atoms with Crippen molar-refractivity contribution in [1.29, 1.82) is 0 Å². The first-order valence-electron chi connectivity index (χ1n) is 6.75. The van der Waals surface area contributed by atoms with E-state index in [1.54, 1.807) is 5.32 Å². The van der Waals surface area contributed by atoms with Crippen LogP contribution in [-0.4, -0.2) is 30.3 Å². The van der Waals surface area contributed by atoms with Gasteiger partial charge >= 0.3 is 17.8 Å². The summed E-state index contributed by atoms with van der Waals surface area (Å²) in [7, 11) is 0. The Morgan fingerprint density at radius 1 is 1.22 bits per heavy atom. The van der Waals surface area contributed by atoms with Gasteiger partial charge in [-0.3, -0.25) is 4.79 Å². The molecule has 0 saturated heterocycles. The molecular weight excluding hydrogens is 337 g/mol. The Balaban J connectivity index is 3.39. The summed E-state index contributed by atoms with van der Waals surface area (Å²) < 4.78 is 45.4. The smallest absolute Gasteiger partial charge is 0.441 e. The molecule has 1 atom stereocenters. The van der Waals surface area contributed by atoms with Crippen LogP contribution in [0.2, 0.25) is 5.02 Å². The van der Waals surface area contributed by atoms with Crippen LogP contribution < -0.4 is 10.6 Å². The van der Waals surface area contributed by atoms with Gasteiger partial charge in [-0.1, -0.05) is 30.7 Å². The predicted octanol–water partition coefficient (Wildman–Crippen LogP) is 3.10. The standard InChI is InChI=1S/C14H16ClF3N2O3/c1-3-11(21)20-13(14(16,17)18,12(22)23-4-2)19-10-8-6-5-7-9(10)15/h5-8,19H,3-4H2,1-2H3,(H,20,21)/t13-/m1/s1. The topological polar surface area (TPSA) is 67.4 Å². The van der Waals surface area contributed by atoms with Crippen LogP contribution in [0.15, 0.2) is 24.3 Å². The molecule has 5 nitrogen and oxygen atoms in total. The average molecular weight is 353 g/mol. The second-order valence-corrected chi connectivity index (χ2v) is 4.88. The van der Waals surface area contributed by atoms with Crippen molar-refractivity contribution < 1.29 is 27.5 Å². The molecule has 0 aliphatic heterocycles. The molecule has 0 fully saturated rings. The summed E-state index contributed by atoms with van der Waals surface area (Å²) in [5.74, 6) is -2.65. The minimum Gasteiger partial charge on any atom is -0.463 e. The molecule has 1 amide bonds.